The lowest BCUT2D eigenvalue weighted by Gasteiger charge is -2.44. The highest BCUT2D eigenvalue weighted by molar-refractivity contribution is 5.99. The van der Waals surface area contributed by atoms with E-state index in [1.165, 1.54) is 34.2 Å². The molecule has 0 unspecified atom stereocenters. The normalized spacial score (nSPS) is 16.5. The van der Waals surface area contributed by atoms with Gasteiger partial charge in [-0.25, -0.2) is 23.4 Å². The number of carbonyl (C=O) groups is 2. The first kappa shape index (κ1) is 35.8. The molecule has 0 bridgehead atoms. The van der Waals surface area contributed by atoms with Crippen LogP contribution in [-0.2, 0) is 14.3 Å². The Balaban J connectivity index is 1.91. The number of aromatic nitrogens is 3. The molecule has 0 saturated carbocycles. The van der Waals surface area contributed by atoms with E-state index in [4.69, 9.17) is 9.47 Å². The van der Waals surface area contributed by atoms with Crippen LogP contribution in [0.1, 0.15) is 58.7 Å². The molecule has 4 heterocycles. The predicted octanol–water partition coefficient (Wildman–Crippen LogP) is 6.05. The van der Waals surface area contributed by atoms with Gasteiger partial charge in [0.1, 0.15) is 34.7 Å². The number of nitro groups is 1. The maximum Gasteiger partial charge on any atom is 0.410 e. The van der Waals surface area contributed by atoms with Crippen molar-refractivity contribution in [1.82, 2.24) is 19.4 Å². The number of hydrogen-bond donors (Lipinski definition) is 0. The van der Waals surface area contributed by atoms with Crippen molar-refractivity contribution in [2.75, 3.05) is 25.1 Å². The maximum absolute atomic E-state index is 16.2. The summed E-state index contributed by atoms with van der Waals surface area (Å²) in [5.41, 5.74) is -3.16. The van der Waals surface area contributed by atoms with Crippen molar-refractivity contribution in [1.29, 1.82) is 0 Å². The standard InChI is InChI=1S/C35H38F2N6O7/c1-18(2)26-28(19(3)13-14-38-26)42-31-22(15-24(37)27(39-31)21-11-9-10-12-23(21)36)29(30(32(42)44)43(47)48)41-16-20(4)40(17-25(41)33(45)49-8)34(46)50-35(5,6)7/h9-15,18,20,25H,16-17H2,1-8H3/t20-,25-/m1/s1. The number of benzene rings is 1. The van der Waals surface area contributed by atoms with Crippen LogP contribution in [0.25, 0.3) is 28.0 Å². The molecule has 1 fully saturated rings. The van der Waals surface area contributed by atoms with Crippen molar-refractivity contribution in [3.05, 3.63) is 86.0 Å². The van der Waals surface area contributed by atoms with Crippen molar-refractivity contribution >= 4 is 34.5 Å². The first-order valence-corrected chi connectivity index (χ1v) is 15.9. The third kappa shape index (κ3) is 6.46. The molecule has 1 aliphatic heterocycles. The topological polar surface area (TPSA) is 150 Å². The summed E-state index contributed by atoms with van der Waals surface area (Å²) in [7, 11) is 1.11. The second-order valence-electron chi connectivity index (χ2n) is 13.5. The van der Waals surface area contributed by atoms with Crippen LogP contribution in [-0.4, -0.2) is 74.3 Å². The van der Waals surface area contributed by atoms with Crippen molar-refractivity contribution < 1.29 is 32.8 Å². The third-order valence-corrected chi connectivity index (χ3v) is 8.42. The molecule has 2 atom stereocenters. The van der Waals surface area contributed by atoms with Crippen molar-refractivity contribution in [2.24, 2.45) is 0 Å². The van der Waals surface area contributed by atoms with Gasteiger partial charge < -0.3 is 19.3 Å². The molecule has 15 heteroatoms. The Bertz CT molecular complexity index is 2080. The van der Waals surface area contributed by atoms with E-state index in [1.54, 1.807) is 40.7 Å². The van der Waals surface area contributed by atoms with Gasteiger partial charge in [0.2, 0.25) is 0 Å². The summed E-state index contributed by atoms with van der Waals surface area (Å²) >= 11 is 0. The number of fused-ring (bicyclic) bond motifs is 1. The zero-order chi connectivity index (χ0) is 36.8. The number of nitrogens with zero attached hydrogens (tertiary/aromatic N) is 6. The number of pyridine rings is 3. The highest BCUT2D eigenvalue weighted by Crippen LogP contribution is 2.40. The molecular formula is C35H38F2N6O7. The summed E-state index contributed by atoms with van der Waals surface area (Å²) in [5.74, 6) is -2.97. The molecule has 0 aliphatic carbocycles. The quantitative estimate of drug-likeness (QED) is 0.133. The predicted molar refractivity (Wildman–Crippen MR) is 182 cm³/mol. The number of esters is 1. The van der Waals surface area contributed by atoms with E-state index in [-0.39, 0.29) is 41.3 Å². The van der Waals surface area contributed by atoms with Gasteiger partial charge in [0.25, 0.3) is 0 Å². The van der Waals surface area contributed by atoms with Crippen LogP contribution in [0, 0.1) is 28.7 Å². The Morgan fingerprint density at radius 1 is 1.08 bits per heavy atom. The molecule has 0 spiro atoms. The van der Waals surface area contributed by atoms with Crippen molar-refractivity contribution in [3.8, 4) is 16.9 Å². The molecule has 1 aliphatic rings. The summed E-state index contributed by atoms with van der Waals surface area (Å²) in [4.78, 5) is 64.8. The molecule has 3 aromatic heterocycles. The number of amides is 1. The van der Waals surface area contributed by atoms with Gasteiger partial charge in [-0.05, 0) is 70.4 Å². The molecular weight excluding hydrogens is 654 g/mol. The number of ether oxygens (including phenoxy) is 2. The lowest BCUT2D eigenvalue weighted by molar-refractivity contribution is -0.385. The molecule has 0 N–H and O–H groups in total. The maximum atomic E-state index is 16.2. The number of hydrogen-bond acceptors (Lipinski definition) is 10. The Morgan fingerprint density at radius 2 is 1.76 bits per heavy atom. The average molecular weight is 693 g/mol. The smallest absolute Gasteiger partial charge is 0.410 e. The molecule has 5 rings (SSSR count). The molecule has 4 aromatic rings. The Hall–Kier alpha value is -5.47. The van der Waals surface area contributed by atoms with Crippen LogP contribution in [0.15, 0.2) is 47.4 Å². The van der Waals surface area contributed by atoms with Gasteiger partial charge in [0.15, 0.2) is 5.65 Å². The minimum atomic E-state index is -1.39. The van der Waals surface area contributed by atoms with Crippen LogP contribution >= 0.6 is 0 Å². The minimum absolute atomic E-state index is 0.193. The Kier molecular flexibility index (Phi) is 9.63. The molecule has 1 saturated heterocycles. The number of carbonyl (C=O) groups excluding carboxylic acids is 2. The number of rotatable bonds is 6. The molecule has 1 aromatic carbocycles. The first-order valence-electron chi connectivity index (χ1n) is 15.9. The summed E-state index contributed by atoms with van der Waals surface area (Å²) in [6.45, 7) is 11.5. The van der Waals surface area contributed by atoms with Gasteiger partial charge in [0.05, 0.1) is 35.3 Å². The summed E-state index contributed by atoms with van der Waals surface area (Å²) in [6.07, 6.45) is 0.804. The van der Waals surface area contributed by atoms with E-state index >= 15 is 8.78 Å². The molecule has 0 radical (unpaired) electrons. The molecule has 50 heavy (non-hydrogen) atoms. The Morgan fingerprint density at radius 3 is 2.36 bits per heavy atom. The lowest BCUT2D eigenvalue weighted by atomic mass is 10.0. The van der Waals surface area contributed by atoms with Crippen molar-refractivity contribution in [2.45, 2.75) is 72.1 Å². The highest BCUT2D eigenvalue weighted by Gasteiger charge is 2.44. The zero-order valence-electron chi connectivity index (χ0n) is 29.0. The summed E-state index contributed by atoms with van der Waals surface area (Å²) in [6, 6.07) is 5.83. The van der Waals surface area contributed by atoms with E-state index in [0.29, 0.717) is 11.3 Å². The minimum Gasteiger partial charge on any atom is -0.467 e. The van der Waals surface area contributed by atoms with Crippen LogP contribution in [0.5, 0.6) is 0 Å². The van der Waals surface area contributed by atoms with Gasteiger partial charge in [-0.1, -0.05) is 26.0 Å². The van der Waals surface area contributed by atoms with E-state index in [9.17, 15) is 24.5 Å². The monoisotopic (exact) mass is 692 g/mol. The number of aryl methyl sites for hydroxylation is 1. The Labute approximate surface area is 286 Å². The summed E-state index contributed by atoms with van der Waals surface area (Å²) < 4.78 is 42.9. The molecule has 1 amide bonds. The third-order valence-electron chi connectivity index (χ3n) is 8.42. The highest BCUT2D eigenvalue weighted by atomic mass is 19.1. The average Bonchev–Trinajstić information content (AvgIpc) is 3.03. The second-order valence-corrected chi connectivity index (χ2v) is 13.5. The van der Waals surface area contributed by atoms with Crippen LogP contribution < -0.4 is 10.5 Å². The number of halogens is 2. The largest absolute Gasteiger partial charge is 0.467 e. The van der Waals surface area contributed by atoms with E-state index in [1.807, 2.05) is 13.8 Å². The fourth-order valence-corrected chi connectivity index (χ4v) is 6.18. The van der Waals surface area contributed by atoms with E-state index in [0.717, 1.165) is 23.8 Å². The molecule has 13 nitrogen and oxygen atoms in total. The van der Waals surface area contributed by atoms with Gasteiger partial charge >= 0.3 is 23.3 Å². The van der Waals surface area contributed by atoms with Crippen LogP contribution in [0.3, 0.4) is 0 Å². The second kappa shape index (κ2) is 13.4. The van der Waals surface area contributed by atoms with Gasteiger partial charge in [0, 0.05) is 24.3 Å². The van der Waals surface area contributed by atoms with Crippen molar-refractivity contribution in [3.63, 3.8) is 0 Å². The SMILES string of the molecule is COC(=O)[C@H]1CN(C(=O)OC(C)(C)C)[C@H](C)CN1c1c([N+](=O)[O-])c(=O)n(-c2c(C)ccnc2C(C)C)c2nc(-c3ccccc3F)c(F)cc12. The van der Waals surface area contributed by atoms with Crippen LogP contribution in [0.2, 0.25) is 0 Å². The summed E-state index contributed by atoms with van der Waals surface area (Å²) in [5, 5.41) is 12.8. The van der Waals surface area contributed by atoms with Crippen LogP contribution in [0.4, 0.5) is 25.0 Å². The number of methoxy groups -OCH3 is 1. The lowest BCUT2D eigenvalue weighted by Crippen LogP contribution is -2.62. The molecule has 264 valence electrons. The van der Waals surface area contributed by atoms with E-state index < -0.39 is 68.9 Å². The van der Waals surface area contributed by atoms with Gasteiger partial charge in [-0.2, -0.15) is 0 Å². The van der Waals surface area contributed by atoms with Gasteiger partial charge in [-0.15, -0.1) is 0 Å². The van der Waals surface area contributed by atoms with Gasteiger partial charge in [-0.3, -0.25) is 24.5 Å². The zero-order valence-corrected chi connectivity index (χ0v) is 29.0. The fraction of sp³-hybridized carbons (Fsp3) is 0.400. The van der Waals surface area contributed by atoms with E-state index in [2.05, 4.69) is 9.97 Å². The number of anilines is 1. The fourth-order valence-electron chi connectivity index (χ4n) is 6.18. The first-order chi connectivity index (χ1) is 23.5. The number of piperazine rings is 1.